The molecule has 2 rings (SSSR count). The van der Waals surface area contributed by atoms with E-state index in [0.717, 1.165) is 16.8 Å². The quantitative estimate of drug-likeness (QED) is 0.929. The molecule has 2 amide bonds. The molecule has 2 aromatic rings. The first-order valence-electron chi connectivity index (χ1n) is 7.55. The smallest absolute Gasteiger partial charge is 0.315 e. The van der Waals surface area contributed by atoms with Crippen molar-refractivity contribution in [2.24, 2.45) is 18.7 Å². The third-order valence-electron chi connectivity index (χ3n) is 3.83. The van der Waals surface area contributed by atoms with E-state index in [-0.39, 0.29) is 22.4 Å². The lowest BCUT2D eigenvalue weighted by Crippen LogP contribution is -2.41. The lowest BCUT2D eigenvalue weighted by Gasteiger charge is -2.29. The maximum absolute atomic E-state index is 13.7. The second kappa shape index (κ2) is 6.54. The predicted molar refractivity (Wildman–Crippen MR) is 86.4 cm³/mol. The number of nitrogens with zero attached hydrogens (tertiary/aromatic N) is 3. The Morgan fingerprint density at radius 3 is 2.29 bits per heavy atom. The van der Waals surface area contributed by atoms with Crippen LogP contribution >= 0.6 is 0 Å². The topological polar surface area (TPSA) is 81.2 Å². The highest BCUT2D eigenvalue weighted by molar-refractivity contribution is 5.84. The molecule has 0 saturated carbocycles. The molecule has 8 heteroatoms. The van der Waals surface area contributed by atoms with Crippen LogP contribution in [0.2, 0.25) is 0 Å². The van der Waals surface area contributed by atoms with E-state index in [9.17, 15) is 18.4 Å². The fraction of sp³-hybridized carbons (Fsp3) is 0.438. The van der Waals surface area contributed by atoms with Crippen LogP contribution in [-0.4, -0.2) is 27.3 Å². The van der Waals surface area contributed by atoms with Gasteiger partial charge in [-0.05, 0) is 25.0 Å². The lowest BCUT2D eigenvalue weighted by molar-refractivity contribution is 0.178. The fourth-order valence-electron chi connectivity index (χ4n) is 2.66. The Balaban J connectivity index is 2.71. The number of aryl methyl sites for hydroxylation is 1. The van der Waals surface area contributed by atoms with E-state index in [2.05, 4.69) is 5.10 Å². The molecule has 0 aliphatic rings. The molecule has 0 aliphatic heterocycles. The highest BCUT2D eigenvalue weighted by atomic mass is 19.2. The Kier molecular flexibility index (Phi) is 4.86. The van der Waals surface area contributed by atoms with E-state index in [1.165, 1.54) is 11.9 Å². The summed E-state index contributed by atoms with van der Waals surface area (Å²) < 4.78 is 28.2. The van der Waals surface area contributed by atoms with E-state index in [4.69, 9.17) is 5.73 Å². The van der Waals surface area contributed by atoms with Crippen LogP contribution in [0.1, 0.15) is 32.5 Å². The number of urea groups is 1. The fourth-order valence-corrected chi connectivity index (χ4v) is 2.66. The average molecular weight is 338 g/mol. The van der Waals surface area contributed by atoms with Crippen molar-refractivity contribution in [2.45, 2.75) is 26.8 Å². The number of primary amides is 1. The number of benzene rings is 1. The second-order valence-electron chi connectivity index (χ2n) is 6.19. The number of nitrogens with two attached hydrogens (primary N) is 1. The van der Waals surface area contributed by atoms with Crippen LogP contribution in [-0.2, 0) is 7.05 Å². The van der Waals surface area contributed by atoms with Crippen LogP contribution in [0.5, 0.6) is 0 Å². The van der Waals surface area contributed by atoms with Gasteiger partial charge in [0.15, 0.2) is 11.6 Å². The molecule has 0 saturated heterocycles. The normalized spacial score (nSPS) is 12.6. The summed E-state index contributed by atoms with van der Waals surface area (Å²) >= 11 is 0. The lowest BCUT2D eigenvalue weighted by atomic mass is 10.0. The zero-order valence-corrected chi connectivity index (χ0v) is 14.0. The summed E-state index contributed by atoms with van der Waals surface area (Å²) in [5, 5.41) is 4.32. The molecule has 24 heavy (non-hydrogen) atoms. The minimum atomic E-state index is -1.11. The SMILES string of the molecule is CC(C)CN(C(N)=O)C(C)c1nn(C)c(=O)c2cc(F)c(F)cc12. The maximum Gasteiger partial charge on any atom is 0.315 e. The van der Waals surface area contributed by atoms with E-state index in [1.807, 2.05) is 13.8 Å². The molecule has 1 atom stereocenters. The molecule has 0 aliphatic carbocycles. The Hall–Kier alpha value is -2.51. The van der Waals surface area contributed by atoms with Gasteiger partial charge in [0.25, 0.3) is 5.56 Å². The van der Waals surface area contributed by atoms with Crippen molar-refractivity contribution in [1.29, 1.82) is 0 Å². The van der Waals surface area contributed by atoms with E-state index >= 15 is 0 Å². The molecule has 1 aromatic heterocycles. The van der Waals surface area contributed by atoms with Crippen molar-refractivity contribution in [3.8, 4) is 0 Å². The first-order chi connectivity index (χ1) is 11.1. The van der Waals surface area contributed by atoms with Crippen molar-refractivity contribution >= 4 is 16.8 Å². The van der Waals surface area contributed by atoms with Crippen molar-refractivity contribution in [3.05, 3.63) is 39.8 Å². The monoisotopic (exact) mass is 338 g/mol. The molecule has 1 unspecified atom stereocenters. The van der Waals surface area contributed by atoms with Crippen LogP contribution in [0.3, 0.4) is 0 Å². The number of hydrogen-bond acceptors (Lipinski definition) is 3. The van der Waals surface area contributed by atoms with Crippen LogP contribution in [0, 0.1) is 17.6 Å². The minimum Gasteiger partial charge on any atom is -0.351 e. The van der Waals surface area contributed by atoms with Gasteiger partial charge < -0.3 is 10.6 Å². The molecule has 2 N–H and O–H groups in total. The molecule has 0 spiro atoms. The van der Waals surface area contributed by atoms with Crippen LogP contribution in [0.25, 0.3) is 10.8 Å². The predicted octanol–water partition coefficient (Wildman–Crippen LogP) is 2.31. The second-order valence-corrected chi connectivity index (χ2v) is 6.19. The number of carbonyl (C=O) groups is 1. The molecule has 0 fully saturated rings. The van der Waals surface area contributed by atoms with Gasteiger partial charge in [0.05, 0.1) is 17.1 Å². The number of aromatic nitrogens is 2. The Morgan fingerprint density at radius 1 is 1.25 bits per heavy atom. The zero-order chi connectivity index (χ0) is 18.2. The van der Waals surface area contributed by atoms with Crippen molar-refractivity contribution in [3.63, 3.8) is 0 Å². The van der Waals surface area contributed by atoms with Crippen molar-refractivity contribution < 1.29 is 13.6 Å². The number of amides is 2. The number of carbonyl (C=O) groups excluding carboxylic acids is 1. The third kappa shape index (κ3) is 3.22. The van der Waals surface area contributed by atoms with E-state index in [0.29, 0.717) is 6.54 Å². The number of fused-ring (bicyclic) bond motifs is 1. The highest BCUT2D eigenvalue weighted by Crippen LogP contribution is 2.26. The van der Waals surface area contributed by atoms with Gasteiger partial charge in [-0.15, -0.1) is 0 Å². The average Bonchev–Trinajstić information content (AvgIpc) is 2.49. The summed E-state index contributed by atoms with van der Waals surface area (Å²) in [6.07, 6.45) is 0. The summed E-state index contributed by atoms with van der Waals surface area (Å²) in [4.78, 5) is 25.3. The molecular formula is C16H20F2N4O2. The first-order valence-corrected chi connectivity index (χ1v) is 7.55. The molecule has 0 radical (unpaired) electrons. The van der Waals surface area contributed by atoms with E-state index in [1.54, 1.807) is 6.92 Å². The third-order valence-corrected chi connectivity index (χ3v) is 3.83. The summed E-state index contributed by atoms with van der Waals surface area (Å²) in [6.45, 7) is 5.89. The van der Waals surface area contributed by atoms with Crippen LogP contribution in [0.4, 0.5) is 13.6 Å². The highest BCUT2D eigenvalue weighted by Gasteiger charge is 2.25. The summed E-state index contributed by atoms with van der Waals surface area (Å²) in [6, 6.07) is 0.521. The largest absolute Gasteiger partial charge is 0.351 e. The first kappa shape index (κ1) is 17.8. The molecule has 1 heterocycles. The van der Waals surface area contributed by atoms with Gasteiger partial charge in [0.1, 0.15) is 0 Å². The number of rotatable bonds is 4. The van der Waals surface area contributed by atoms with Gasteiger partial charge in [-0.2, -0.15) is 5.10 Å². The maximum atomic E-state index is 13.7. The van der Waals surface area contributed by atoms with Crippen molar-refractivity contribution in [2.75, 3.05) is 6.54 Å². The van der Waals surface area contributed by atoms with Crippen LogP contribution < -0.4 is 11.3 Å². The molecule has 0 bridgehead atoms. The number of halogens is 2. The van der Waals surface area contributed by atoms with Crippen molar-refractivity contribution in [1.82, 2.24) is 14.7 Å². The molecule has 1 aromatic carbocycles. The number of hydrogen-bond donors (Lipinski definition) is 1. The standard InChI is InChI=1S/C16H20F2N4O2/c1-8(2)7-22(16(19)24)9(3)14-10-5-12(17)13(18)6-11(10)15(23)21(4)20-14/h5-6,8-9H,7H2,1-4H3,(H2,19,24). The van der Waals surface area contributed by atoms with Gasteiger partial charge in [0, 0.05) is 19.0 Å². The van der Waals surface area contributed by atoms with Gasteiger partial charge in [-0.1, -0.05) is 13.8 Å². The van der Waals surface area contributed by atoms with Gasteiger partial charge in [-0.25, -0.2) is 18.3 Å². The molecular weight excluding hydrogens is 318 g/mol. The Morgan fingerprint density at radius 2 is 1.79 bits per heavy atom. The van der Waals surface area contributed by atoms with E-state index < -0.39 is 29.3 Å². The molecule has 6 nitrogen and oxygen atoms in total. The van der Waals surface area contributed by atoms with Gasteiger partial charge >= 0.3 is 6.03 Å². The van der Waals surface area contributed by atoms with Gasteiger partial charge in [-0.3, -0.25) is 4.79 Å². The Bertz CT molecular complexity index is 848. The summed E-state index contributed by atoms with van der Waals surface area (Å²) in [7, 11) is 1.41. The van der Waals surface area contributed by atoms with Gasteiger partial charge in [0.2, 0.25) is 0 Å². The molecule has 130 valence electrons. The minimum absolute atomic E-state index is 0.00205. The summed E-state index contributed by atoms with van der Waals surface area (Å²) in [5.74, 6) is -2.05. The Labute approximate surface area is 137 Å². The summed E-state index contributed by atoms with van der Waals surface area (Å²) in [5.41, 5.74) is 5.18. The zero-order valence-electron chi connectivity index (χ0n) is 14.0. The van der Waals surface area contributed by atoms with Crippen LogP contribution in [0.15, 0.2) is 16.9 Å².